The second-order valence-corrected chi connectivity index (χ2v) is 9.72. The summed E-state index contributed by atoms with van der Waals surface area (Å²) in [5, 5.41) is 7.25. The van der Waals surface area contributed by atoms with Crippen molar-refractivity contribution >= 4 is 16.0 Å². The fourth-order valence-electron chi connectivity index (χ4n) is 3.37. The minimum atomic E-state index is -4.06. The van der Waals surface area contributed by atoms with E-state index in [2.05, 4.69) is 34.9 Å². The minimum Gasteiger partial charge on any atom is -0.494 e. The van der Waals surface area contributed by atoms with Gasteiger partial charge in [0.1, 0.15) is 28.7 Å². The molecule has 0 radical (unpaired) electrons. The fraction of sp³-hybridized carbons (Fsp3) is 0.273. The molecule has 0 aliphatic carbocycles. The highest BCUT2D eigenvalue weighted by Crippen LogP contribution is 2.37. The zero-order valence-corrected chi connectivity index (χ0v) is 21.1. The minimum absolute atomic E-state index is 0.0735. The van der Waals surface area contributed by atoms with Gasteiger partial charge in [-0.05, 0) is 19.1 Å². The number of ether oxygens (including phenoxy) is 3. The third-order valence-electron chi connectivity index (χ3n) is 5.25. The molecule has 1 N–H and O–H groups in total. The van der Waals surface area contributed by atoms with Gasteiger partial charge in [-0.2, -0.15) is 0 Å². The Balaban J connectivity index is 1.82. The second-order valence-electron chi connectivity index (χ2n) is 7.62. The molecule has 1 atom stereocenters. The number of rotatable bonds is 10. The van der Waals surface area contributed by atoms with Gasteiger partial charge in [0.25, 0.3) is 0 Å². The van der Waals surface area contributed by atoms with Gasteiger partial charge in [0, 0.05) is 6.42 Å². The summed E-state index contributed by atoms with van der Waals surface area (Å²) in [6.45, 7) is 1.47. The normalized spacial score (nSPS) is 12.1. The smallest absolute Gasteiger partial charge is 0.243 e. The summed E-state index contributed by atoms with van der Waals surface area (Å²) >= 11 is 0. The number of nitrogens with one attached hydrogen (secondary N) is 1. The van der Waals surface area contributed by atoms with Crippen molar-refractivity contribution in [3.8, 4) is 34.6 Å². The number of para-hydroxylation sites is 1. The Labute approximate surface area is 211 Å². The molecule has 0 amide bonds. The molecule has 3 heterocycles. The Morgan fingerprint density at radius 3 is 2.30 bits per heavy atom. The molecule has 15 heteroatoms. The van der Waals surface area contributed by atoms with Gasteiger partial charge in [-0.25, -0.2) is 27.8 Å². The topological polar surface area (TPSA) is 156 Å². The van der Waals surface area contributed by atoms with Crippen LogP contribution in [0.5, 0.6) is 17.4 Å². The SMILES string of the molecule is COc1cncc(-c2nnc(NS(=O)(=O)[C@H](C)Cc3ncc(F)cn3)n2-c2c(OC)cccc2OC)n1. The molecular formula is C22H23FN8O5S. The predicted octanol–water partition coefficient (Wildman–Crippen LogP) is 2.05. The lowest BCUT2D eigenvalue weighted by atomic mass is 10.2. The first-order valence-electron chi connectivity index (χ1n) is 10.8. The summed E-state index contributed by atoms with van der Waals surface area (Å²) in [5.41, 5.74) is 0.572. The first-order valence-corrected chi connectivity index (χ1v) is 12.3. The molecule has 0 aliphatic rings. The van der Waals surface area contributed by atoms with Crippen LogP contribution in [0.25, 0.3) is 17.2 Å². The van der Waals surface area contributed by atoms with Gasteiger partial charge in [-0.1, -0.05) is 6.07 Å². The lowest BCUT2D eigenvalue weighted by Gasteiger charge is -2.18. The van der Waals surface area contributed by atoms with Crippen molar-refractivity contribution in [1.82, 2.24) is 34.7 Å². The van der Waals surface area contributed by atoms with Crippen LogP contribution in [0, 0.1) is 5.82 Å². The molecule has 0 bridgehead atoms. The Hall–Kier alpha value is -4.40. The van der Waals surface area contributed by atoms with Gasteiger partial charge in [0.2, 0.25) is 21.9 Å². The van der Waals surface area contributed by atoms with Crippen LogP contribution in [0.2, 0.25) is 0 Å². The quantitative estimate of drug-likeness (QED) is 0.320. The van der Waals surface area contributed by atoms with Gasteiger partial charge in [0.05, 0.1) is 51.4 Å². The molecule has 4 aromatic rings. The lowest BCUT2D eigenvalue weighted by molar-refractivity contribution is 0.391. The molecule has 194 valence electrons. The third kappa shape index (κ3) is 5.40. The van der Waals surface area contributed by atoms with E-state index in [-0.39, 0.29) is 35.6 Å². The van der Waals surface area contributed by atoms with Crippen molar-refractivity contribution in [2.75, 3.05) is 26.1 Å². The number of halogens is 1. The maximum absolute atomic E-state index is 13.3. The van der Waals surface area contributed by atoms with E-state index in [9.17, 15) is 12.8 Å². The summed E-state index contributed by atoms with van der Waals surface area (Å²) in [7, 11) is 0.297. The number of anilines is 1. The van der Waals surface area contributed by atoms with E-state index < -0.39 is 21.1 Å². The first kappa shape index (κ1) is 25.7. The van der Waals surface area contributed by atoms with E-state index in [4.69, 9.17) is 14.2 Å². The highest BCUT2D eigenvalue weighted by Gasteiger charge is 2.29. The van der Waals surface area contributed by atoms with E-state index >= 15 is 0 Å². The number of benzene rings is 1. The van der Waals surface area contributed by atoms with Crippen molar-refractivity contribution < 1.29 is 27.0 Å². The number of methoxy groups -OCH3 is 3. The molecule has 1 aromatic carbocycles. The Morgan fingerprint density at radius 1 is 1.00 bits per heavy atom. The second kappa shape index (κ2) is 10.7. The van der Waals surface area contributed by atoms with Gasteiger partial charge < -0.3 is 14.2 Å². The molecule has 0 fully saturated rings. The monoisotopic (exact) mass is 530 g/mol. The van der Waals surface area contributed by atoms with Gasteiger partial charge >= 0.3 is 0 Å². The van der Waals surface area contributed by atoms with E-state index in [1.165, 1.54) is 45.2 Å². The number of nitrogens with zero attached hydrogens (tertiary/aromatic N) is 7. The van der Waals surface area contributed by atoms with Crippen molar-refractivity contribution in [1.29, 1.82) is 0 Å². The van der Waals surface area contributed by atoms with E-state index in [1.54, 1.807) is 18.2 Å². The zero-order valence-electron chi connectivity index (χ0n) is 20.3. The predicted molar refractivity (Wildman–Crippen MR) is 130 cm³/mol. The van der Waals surface area contributed by atoms with Crippen LogP contribution >= 0.6 is 0 Å². The maximum atomic E-state index is 13.3. The molecule has 3 aromatic heterocycles. The maximum Gasteiger partial charge on any atom is 0.243 e. The largest absolute Gasteiger partial charge is 0.494 e. The number of sulfonamides is 1. The molecule has 13 nitrogen and oxygen atoms in total. The average molecular weight is 531 g/mol. The standard InChI is InChI=1S/C22H23FN8O5S/c1-13(8-18-25-9-14(23)10-26-18)37(32,33)30-22-29-28-21(15-11-24-12-19(27-15)36-4)31(22)20-16(34-2)6-5-7-17(20)35-3/h5-7,9-13H,8H2,1-4H3,(H,29,30)/t13-/m1/s1. The first-order chi connectivity index (χ1) is 17.8. The fourth-order valence-corrected chi connectivity index (χ4v) is 4.33. The number of aromatic nitrogens is 7. The van der Waals surface area contributed by atoms with Gasteiger partial charge in [0.15, 0.2) is 11.6 Å². The summed E-state index contributed by atoms with van der Waals surface area (Å²) in [4.78, 5) is 16.1. The summed E-state index contributed by atoms with van der Waals surface area (Å²) < 4.78 is 59.8. The van der Waals surface area contributed by atoms with E-state index in [0.29, 0.717) is 17.2 Å². The van der Waals surface area contributed by atoms with Crippen LogP contribution in [0.4, 0.5) is 10.3 Å². The third-order valence-corrected chi connectivity index (χ3v) is 6.94. The highest BCUT2D eigenvalue weighted by molar-refractivity contribution is 7.93. The summed E-state index contributed by atoms with van der Waals surface area (Å²) in [6.07, 6.45) is 4.71. The Bertz CT molecular complexity index is 1480. The van der Waals surface area contributed by atoms with Gasteiger partial charge in [-0.3, -0.25) is 14.3 Å². The molecular weight excluding hydrogens is 507 g/mol. The Kier molecular flexibility index (Phi) is 7.42. The van der Waals surface area contributed by atoms with Crippen LogP contribution in [-0.4, -0.2) is 69.7 Å². The van der Waals surface area contributed by atoms with Crippen LogP contribution in [-0.2, 0) is 16.4 Å². The highest BCUT2D eigenvalue weighted by atomic mass is 32.2. The number of hydrogen-bond donors (Lipinski definition) is 1. The lowest BCUT2D eigenvalue weighted by Crippen LogP contribution is -2.29. The van der Waals surface area contributed by atoms with Crippen molar-refractivity contribution in [2.24, 2.45) is 0 Å². The van der Waals surface area contributed by atoms with Crippen molar-refractivity contribution in [2.45, 2.75) is 18.6 Å². The van der Waals surface area contributed by atoms with Gasteiger partial charge in [-0.15, -0.1) is 10.2 Å². The average Bonchev–Trinajstić information content (AvgIpc) is 3.31. The molecule has 0 unspecified atom stereocenters. The number of hydrogen-bond acceptors (Lipinski definition) is 11. The summed E-state index contributed by atoms with van der Waals surface area (Å²) in [5.74, 6) is 0.447. The molecule has 4 rings (SSSR count). The van der Waals surface area contributed by atoms with E-state index in [1.807, 2.05) is 0 Å². The Morgan fingerprint density at radius 2 is 1.68 bits per heavy atom. The zero-order chi connectivity index (χ0) is 26.6. The molecule has 37 heavy (non-hydrogen) atoms. The van der Waals surface area contributed by atoms with Crippen LogP contribution in [0.15, 0.2) is 43.0 Å². The van der Waals surface area contributed by atoms with Crippen LogP contribution < -0.4 is 18.9 Å². The van der Waals surface area contributed by atoms with Crippen molar-refractivity contribution in [3.63, 3.8) is 0 Å². The van der Waals surface area contributed by atoms with Crippen molar-refractivity contribution in [3.05, 3.63) is 54.6 Å². The van der Waals surface area contributed by atoms with Crippen LogP contribution in [0.1, 0.15) is 12.7 Å². The van der Waals surface area contributed by atoms with E-state index in [0.717, 1.165) is 12.4 Å². The molecule has 0 saturated heterocycles. The van der Waals surface area contributed by atoms with Crippen LogP contribution in [0.3, 0.4) is 0 Å². The molecule has 0 aliphatic heterocycles. The molecule has 0 spiro atoms. The summed E-state index contributed by atoms with van der Waals surface area (Å²) in [6, 6.07) is 5.06. The molecule has 0 saturated carbocycles.